The van der Waals surface area contributed by atoms with Gasteiger partial charge in [0.2, 0.25) is 5.95 Å². The Morgan fingerprint density at radius 2 is 2.18 bits per heavy atom. The van der Waals surface area contributed by atoms with Gasteiger partial charge < -0.3 is 10.5 Å². The van der Waals surface area contributed by atoms with Gasteiger partial charge in [-0.2, -0.15) is 0 Å². The summed E-state index contributed by atoms with van der Waals surface area (Å²) >= 11 is 0. The van der Waals surface area contributed by atoms with Crippen molar-refractivity contribution < 1.29 is 4.74 Å². The number of benzene rings is 1. The first kappa shape index (κ1) is 10.1. The van der Waals surface area contributed by atoms with E-state index >= 15 is 0 Å². The third kappa shape index (κ3) is 1.93. The highest BCUT2D eigenvalue weighted by Crippen LogP contribution is 2.29. The molecule has 4 heteroatoms. The number of rotatable bonds is 1. The molecular weight excluding hydrogens is 214 g/mol. The third-order valence-electron chi connectivity index (χ3n) is 2.88. The van der Waals surface area contributed by atoms with E-state index in [4.69, 9.17) is 10.5 Å². The number of aromatic nitrogens is 2. The van der Waals surface area contributed by atoms with Gasteiger partial charge in [0, 0.05) is 11.8 Å². The predicted molar refractivity (Wildman–Crippen MR) is 65.7 cm³/mol. The minimum absolute atomic E-state index is 0.302. The number of hydrogen-bond acceptors (Lipinski definition) is 4. The van der Waals surface area contributed by atoms with Crippen molar-refractivity contribution in [1.82, 2.24) is 9.97 Å². The SMILES string of the molecule is Nc1nccc(-c2ccc3c(c2)CCCO3)n1. The lowest BCUT2D eigenvalue weighted by Crippen LogP contribution is -2.08. The van der Waals surface area contributed by atoms with Gasteiger partial charge in [0.1, 0.15) is 5.75 Å². The molecule has 0 saturated carbocycles. The fourth-order valence-corrected chi connectivity index (χ4v) is 2.05. The molecule has 0 bridgehead atoms. The molecule has 0 radical (unpaired) electrons. The molecule has 2 N–H and O–H groups in total. The summed E-state index contributed by atoms with van der Waals surface area (Å²) in [6, 6.07) is 7.99. The number of nitrogens with two attached hydrogens (primary N) is 1. The molecule has 2 aromatic rings. The Morgan fingerprint density at radius 1 is 1.24 bits per heavy atom. The van der Waals surface area contributed by atoms with Crippen molar-refractivity contribution in [1.29, 1.82) is 0 Å². The normalized spacial score (nSPS) is 13.9. The van der Waals surface area contributed by atoms with Gasteiger partial charge in [-0.15, -0.1) is 0 Å². The fraction of sp³-hybridized carbons (Fsp3) is 0.231. The lowest BCUT2D eigenvalue weighted by molar-refractivity contribution is 0.288. The van der Waals surface area contributed by atoms with Gasteiger partial charge in [-0.3, -0.25) is 0 Å². The molecule has 4 nitrogen and oxygen atoms in total. The van der Waals surface area contributed by atoms with Gasteiger partial charge in [-0.05, 0) is 42.7 Å². The van der Waals surface area contributed by atoms with Crippen LogP contribution in [0.2, 0.25) is 0 Å². The van der Waals surface area contributed by atoms with Crippen LogP contribution in [0.3, 0.4) is 0 Å². The summed E-state index contributed by atoms with van der Waals surface area (Å²) in [6.45, 7) is 0.812. The van der Waals surface area contributed by atoms with E-state index in [1.165, 1.54) is 5.56 Å². The van der Waals surface area contributed by atoms with Crippen LogP contribution in [-0.4, -0.2) is 16.6 Å². The molecule has 0 atom stereocenters. The van der Waals surface area contributed by atoms with Gasteiger partial charge in [0.05, 0.1) is 12.3 Å². The standard InChI is InChI=1S/C13H13N3O/c14-13-15-6-5-11(16-13)9-3-4-12-10(8-9)2-1-7-17-12/h3-6,8H,1-2,7H2,(H2,14,15,16). The summed E-state index contributed by atoms with van der Waals surface area (Å²) in [5, 5.41) is 0. The lowest BCUT2D eigenvalue weighted by atomic mass is 10.0. The second-order valence-corrected chi connectivity index (χ2v) is 4.07. The average Bonchev–Trinajstić information content (AvgIpc) is 2.38. The van der Waals surface area contributed by atoms with Crippen molar-refractivity contribution in [2.45, 2.75) is 12.8 Å². The Morgan fingerprint density at radius 3 is 3.06 bits per heavy atom. The Bertz CT molecular complexity index is 554. The van der Waals surface area contributed by atoms with Crippen LogP contribution in [0.5, 0.6) is 5.75 Å². The highest BCUT2D eigenvalue weighted by Gasteiger charge is 2.11. The lowest BCUT2D eigenvalue weighted by Gasteiger charge is -2.17. The third-order valence-corrected chi connectivity index (χ3v) is 2.88. The summed E-state index contributed by atoms with van der Waals surface area (Å²) in [6.07, 6.45) is 3.81. The van der Waals surface area contributed by atoms with Gasteiger partial charge in [0.15, 0.2) is 0 Å². The maximum Gasteiger partial charge on any atom is 0.220 e. The molecule has 1 aliphatic heterocycles. The summed E-state index contributed by atoms with van der Waals surface area (Å²) in [5.74, 6) is 1.29. The van der Waals surface area contributed by atoms with Crippen molar-refractivity contribution in [3.8, 4) is 17.0 Å². The van der Waals surface area contributed by atoms with E-state index < -0.39 is 0 Å². The van der Waals surface area contributed by atoms with Crippen molar-refractivity contribution in [3.63, 3.8) is 0 Å². The molecule has 17 heavy (non-hydrogen) atoms. The van der Waals surface area contributed by atoms with E-state index in [1.807, 2.05) is 18.2 Å². The van der Waals surface area contributed by atoms with Gasteiger partial charge in [0.25, 0.3) is 0 Å². The molecule has 1 aliphatic rings. The number of anilines is 1. The zero-order chi connectivity index (χ0) is 11.7. The maximum absolute atomic E-state index is 5.59. The van der Waals surface area contributed by atoms with Crippen LogP contribution in [0.15, 0.2) is 30.5 Å². The van der Waals surface area contributed by atoms with E-state index in [1.54, 1.807) is 6.20 Å². The zero-order valence-electron chi connectivity index (χ0n) is 9.39. The second-order valence-electron chi connectivity index (χ2n) is 4.07. The number of hydrogen-bond donors (Lipinski definition) is 1. The van der Waals surface area contributed by atoms with Crippen molar-refractivity contribution >= 4 is 5.95 Å². The number of nitrogens with zero attached hydrogens (tertiary/aromatic N) is 2. The maximum atomic E-state index is 5.59. The average molecular weight is 227 g/mol. The summed E-state index contributed by atoms with van der Waals surface area (Å²) in [4.78, 5) is 8.11. The van der Waals surface area contributed by atoms with Crippen molar-refractivity contribution in [2.75, 3.05) is 12.3 Å². The first-order chi connectivity index (χ1) is 8.33. The van der Waals surface area contributed by atoms with E-state index in [2.05, 4.69) is 16.0 Å². The summed E-state index contributed by atoms with van der Waals surface area (Å²) in [7, 11) is 0. The topological polar surface area (TPSA) is 61.0 Å². The number of nitrogen functional groups attached to an aromatic ring is 1. The monoisotopic (exact) mass is 227 g/mol. The van der Waals surface area contributed by atoms with E-state index in [9.17, 15) is 0 Å². The van der Waals surface area contributed by atoms with Crippen LogP contribution >= 0.6 is 0 Å². The molecule has 86 valence electrons. The van der Waals surface area contributed by atoms with Crippen LogP contribution in [0.25, 0.3) is 11.3 Å². The molecule has 0 aliphatic carbocycles. The summed E-state index contributed by atoms with van der Waals surface area (Å²) in [5.41, 5.74) is 8.74. The Kier molecular flexibility index (Phi) is 2.40. The van der Waals surface area contributed by atoms with Crippen LogP contribution in [0.1, 0.15) is 12.0 Å². The molecule has 1 aromatic carbocycles. The van der Waals surface area contributed by atoms with Gasteiger partial charge >= 0.3 is 0 Å². The Labute approximate surface area is 99.5 Å². The highest BCUT2D eigenvalue weighted by atomic mass is 16.5. The Hall–Kier alpha value is -2.10. The summed E-state index contributed by atoms with van der Waals surface area (Å²) < 4.78 is 5.58. The Balaban J connectivity index is 2.04. The van der Waals surface area contributed by atoms with Gasteiger partial charge in [-0.25, -0.2) is 9.97 Å². The minimum Gasteiger partial charge on any atom is -0.493 e. The fourth-order valence-electron chi connectivity index (χ4n) is 2.05. The van der Waals surface area contributed by atoms with Crippen molar-refractivity contribution in [3.05, 3.63) is 36.0 Å². The minimum atomic E-state index is 0.302. The van der Waals surface area contributed by atoms with Crippen LogP contribution in [-0.2, 0) is 6.42 Å². The zero-order valence-corrected chi connectivity index (χ0v) is 9.39. The molecule has 3 rings (SSSR count). The second kappa shape index (κ2) is 4.05. The first-order valence-corrected chi connectivity index (χ1v) is 5.67. The largest absolute Gasteiger partial charge is 0.493 e. The number of fused-ring (bicyclic) bond motifs is 1. The smallest absolute Gasteiger partial charge is 0.220 e. The van der Waals surface area contributed by atoms with E-state index in [0.717, 1.165) is 36.5 Å². The first-order valence-electron chi connectivity index (χ1n) is 5.67. The number of aryl methyl sites for hydroxylation is 1. The van der Waals surface area contributed by atoms with Crippen LogP contribution < -0.4 is 10.5 Å². The van der Waals surface area contributed by atoms with Crippen LogP contribution in [0, 0.1) is 0 Å². The molecule has 0 spiro atoms. The van der Waals surface area contributed by atoms with E-state index in [-0.39, 0.29) is 0 Å². The molecule has 1 aromatic heterocycles. The molecule has 0 saturated heterocycles. The molecule has 0 fully saturated rings. The van der Waals surface area contributed by atoms with Crippen LogP contribution in [0.4, 0.5) is 5.95 Å². The van der Waals surface area contributed by atoms with Gasteiger partial charge in [-0.1, -0.05) is 0 Å². The predicted octanol–water partition coefficient (Wildman–Crippen LogP) is 2.05. The molecular formula is C13H13N3O. The van der Waals surface area contributed by atoms with E-state index in [0.29, 0.717) is 5.95 Å². The highest BCUT2D eigenvalue weighted by molar-refractivity contribution is 5.62. The van der Waals surface area contributed by atoms with Crippen molar-refractivity contribution in [2.24, 2.45) is 0 Å². The number of ether oxygens (including phenoxy) is 1. The molecule has 2 heterocycles. The molecule has 0 unspecified atom stereocenters. The quantitative estimate of drug-likeness (QED) is 0.810. The molecule has 0 amide bonds.